The zero-order valence-electron chi connectivity index (χ0n) is 15.0. The Labute approximate surface area is 159 Å². The first-order valence-corrected chi connectivity index (χ1v) is 10.3. The Hall–Kier alpha value is -1.89. The van der Waals surface area contributed by atoms with E-state index in [0.717, 1.165) is 5.56 Å². The average Bonchev–Trinajstić information content (AvgIpc) is 2.60. The van der Waals surface area contributed by atoms with Gasteiger partial charge in [-0.1, -0.05) is 36.7 Å². The summed E-state index contributed by atoms with van der Waals surface area (Å²) in [6, 6.07) is 14.1. The summed E-state index contributed by atoms with van der Waals surface area (Å²) < 4.78 is 26.3. The summed E-state index contributed by atoms with van der Waals surface area (Å²) in [7, 11) is -3.28. The lowest BCUT2D eigenvalue weighted by atomic mass is 10.0. The quantitative estimate of drug-likeness (QED) is 0.744. The molecule has 2 aromatic carbocycles. The van der Waals surface area contributed by atoms with Gasteiger partial charge in [0.15, 0.2) is 0 Å². The topological polar surface area (TPSA) is 75.3 Å². The van der Waals surface area contributed by atoms with Gasteiger partial charge in [0.2, 0.25) is 10.0 Å². The molecule has 2 rings (SSSR count). The maximum Gasteiger partial charge on any atom is 0.255 e. The summed E-state index contributed by atoms with van der Waals surface area (Å²) >= 11 is 5.90. The minimum Gasteiger partial charge on any atom is -0.322 e. The van der Waals surface area contributed by atoms with E-state index in [2.05, 4.69) is 10.0 Å². The third-order valence-corrected chi connectivity index (χ3v) is 6.08. The van der Waals surface area contributed by atoms with Crippen molar-refractivity contribution in [3.8, 4) is 0 Å². The molecule has 0 aliphatic rings. The molecule has 0 fully saturated rings. The number of halogens is 1. The molecule has 0 spiro atoms. The first kappa shape index (κ1) is 20.4. The van der Waals surface area contributed by atoms with Crippen LogP contribution < -0.4 is 10.0 Å². The number of nitrogens with one attached hydrogen (secondary N) is 2. The zero-order valence-corrected chi connectivity index (χ0v) is 16.6. The van der Waals surface area contributed by atoms with Gasteiger partial charge in [0, 0.05) is 22.8 Å². The number of anilines is 1. The van der Waals surface area contributed by atoms with Crippen molar-refractivity contribution < 1.29 is 13.2 Å². The minimum atomic E-state index is -3.28. The molecule has 0 saturated heterocycles. The molecule has 0 radical (unpaired) electrons. The fourth-order valence-corrected chi connectivity index (χ4v) is 3.26. The smallest absolute Gasteiger partial charge is 0.255 e. The fraction of sp³-hybridized carbons (Fsp3) is 0.316. The van der Waals surface area contributed by atoms with Gasteiger partial charge >= 0.3 is 0 Å². The molecule has 2 aromatic rings. The minimum absolute atomic E-state index is 0.0150. The molecule has 1 amide bonds. The second-order valence-electron chi connectivity index (χ2n) is 6.43. The standard InChI is InChI=1S/C19H23ClN2O3S/c1-13(2)26(24,25)21-12-14(3)15-7-9-18(10-8-15)22-19(23)16-5-4-6-17(20)11-16/h4-11,13-14,21H,12H2,1-3H3,(H,22,23). The van der Waals surface area contributed by atoms with Crippen LogP contribution in [0, 0.1) is 0 Å². The Morgan fingerprint density at radius 3 is 2.31 bits per heavy atom. The summed E-state index contributed by atoms with van der Waals surface area (Å²) in [4.78, 5) is 12.2. The number of sulfonamides is 1. The third kappa shape index (κ3) is 5.56. The van der Waals surface area contributed by atoms with E-state index in [-0.39, 0.29) is 11.8 Å². The molecule has 5 nitrogen and oxygen atoms in total. The van der Waals surface area contributed by atoms with Crippen molar-refractivity contribution in [2.45, 2.75) is 31.9 Å². The molecule has 1 unspecified atom stereocenters. The Kier molecular flexibility index (Phi) is 6.81. The first-order valence-electron chi connectivity index (χ1n) is 8.34. The predicted octanol–water partition coefficient (Wildman–Crippen LogP) is 4.02. The predicted molar refractivity (Wildman–Crippen MR) is 106 cm³/mol. The van der Waals surface area contributed by atoms with E-state index < -0.39 is 15.3 Å². The van der Waals surface area contributed by atoms with Crippen LogP contribution in [0.4, 0.5) is 5.69 Å². The van der Waals surface area contributed by atoms with Crippen LogP contribution >= 0.6 is 11.6 Å². The Morgan fingerprint density at radius 2 is 1.73 bits per heavy atom. The van der Waals surface area contributed by atoms with Crippen molar-refractivity contribution in [3.05, 3.63) is 64.7 Å². The summed E-state index contributed by atoms with van der Waals surface area (Å²) in [6.07, 6.45) is 0. The highest BCUT2D eigenvalue weighted by Crippen LogP contribution is 2.19. The molecule has 0 aliphatic carbocycles. The van der Waals surface area contributed by atoms with Crippen molar-refractivity contribution in [1.82, 2.24) is 4.72 Å². The van der Waals surface area contributed by atoms with E-state index >= 15 is 0 Å². The summed E-state index contributed by atoms with van der Waals surface area (Å²) in [6.45, 7) is 5.56. The van der Waals surface area contributed by atoms with Crippen LogP contribution in [-0.2, 0) is 10.0 Å². The molecule has 0 aromatic heterocycles. The van der Waals surface area contributed by atoms with E-state index in [1.165, 1.54) is 0 Å². The number of hydrogen-bond acceptors (Lipinski definition) is 3. The normalized spacial score (nSPS) is 12.8. The largest absolute Gasteiger partial charge is 0.322 e. The summed E-state index contributed by atoms with van der Waals surface area (Å²) in [5.74, 6) is -0.223. The number of carbonyl (C=O) groups excluding carboxylic acids is 1. The summed E-state index contributed by atoms with van der Waals surface area (Å²) in [5, 5.41) is 2.86. The van der Waals surface area contributed by atoms with Gasteiger partial charge in [-0.05, 0) is 55.7 Å². The number of benzene rings is 2. The lowest BCUT2D eigenvalue weighted by Crippen LogP contribution is -2.33. The Morgan fingerprint density at radius 1 is 1.08 bits per heavy atom. The van der Waals surface area contributed by atoms with Crippen LogP contribution in [0.1, 0.15) is 42.6 Å². The van der Waals surface area contributed by atoms with Crippen molar-refractivity contribution in [2.75, 3.05) is 11.9 Å². The van der Waals surface area contributed by atoms with E-state index in [1.807, 2.05) is 19.1 Å². The second-order valence-corrected chi connectivity index (χ2v) is 9.19. The van der Waals surface area contributed by atoms with Crippen molar-refractivity contribution in [1.29, 1.82) is 0 Å². The molecule has 0 aliphatic heterocycles. The Bertz CT molecular complexity index is 865. The lowest BCUT2D eigenvalue weighted by molar-refractivity contribution is 0.102. The van der Waals surface area contributed by atoms with Crippen LogP contribution in [0.5, 0.6) is 0 Å². The van der Waals surface area contributed by atoms with E-state index in [9.17, 15) is 13.2 Å². The SMILES string of the molecule is CC(CNS(=O)(=O)C(C)C)c1ccc(NC(=O)c2cccc(Cl)c2)cc1. The van der Waals surface area contributed by atoms with Crippen molar-refractivity contribution in [2.24, 2.45) is 0 Å². The number of rotatable bonds is 7. The fourth-order valence-electron chi connectivity index (χ4n) is 2.25. The van der Waals surface area contributed by atoms with Crippen LogP contribution in [0.2, 0.25) is 5.02 Å². The molecular formula is C19H23ClN2O3S. The van der Waals surface area contributed by atoms with Gasteiger partial charge in [-0.15, -0.1) is 0 Å². The Balaban J connectivity index is 1.98. The van der Waals surface area contributed by atoms with Gasteiger partial charge in [-0.25, -0.2) is 13.1 Å². The highest BCUT2D eigenvalue weighted by atomic mass is 35.5. The van der Waals surface area contributed by atoms with E-state index in [1.54, 1.807) is 50.2 Å². The molecule has 7 heteroatoms. The van der Waals surface area contributed by atoms with Gasteiger partial charge in [0.05, 0.1) is 5.25 Å². The molecule has 140 valence electrons. The van der Waals surface area contributed by atoms with E-state index in [0.29, 0.717) is 22.8 Å². The monoisotopic (exact) mass is 394 g/mol. The van der Waals surface area contributed by atoms with Crippen LogP contribution in [-0.4, -0.2) is 26.1 Å². The van der Waals surface area contributed by atoms with Crippen LogP contribution in [0.25, 0.3) is 0 Å². The van der Waals surface area contributed by atoms with Gasteiger partial charge in [0.25, 0.3) is 5.91 Å². The molecule has 1 atom stereocenters. The van der Waals surface area contributed by atoms with E-state index in [4.69, 9.17) is 11.6 Å². The molecule has 26 heavy (non-hydrogen) atoms. The second kappa shape index (κ2) is 8.66. The van der Waals surface area contributed by atoms with Gasteiger partial charge in [0.1, 0.15) is 0 Å². The molecule has 2 N–H and O–H groups in total. The van der Waals surface area contributed by atoms with Crippen LogP contribution in [0.3, 0.4) is 0 Å². The van der Waals surface area contributed by atoms with Gasteiger partial charge in [-0.2, -0.15) is 0 Å². The molecule has 0 bridgehead atoms. The molecule has 0 heterocycles. The molecule has 0 saturated carbocycles. The number of amides is 1. The average molecular weight is 395 g/mol. The molecular weight excluding hydrogens is 372 g/mol. The maximum absolute atomic E-state index is 12.2. The highest BCUT2D eigenvalue weighted by Gasteiger charge is 2.17. The van der Waals surface area contributed by atoms with Crippen LogP contribution in [0.15, 0.2) is 48.5 Å². The zero-order chi connectivity index (χ0) is 19.3. The van der Waals surface area contributed by atoms with Crippen molar-refractivity contribution in [3.63, 3.8) is 0 Å². The van der Waals surface area contributed by atoms with Crippen molar-refractivity contribution >= 4 is 33.2 Å². The lowest BCUT2D eigenvalue weighted by Gasteiger charge is -2.15. The van der Waals surface area contributed by atoms with Gasteiger partial charge in [-0.3, -0.25) is 4.79 Å². The third-order valence-electron chi connectivity index (χ3n) is 4.04. The highest BCUT2D eigenvalue weighted by molar-refractivity contribution is 7.90. The maximum atomic E-state index is 12.2. The van der Waals surface area contributed by atoms with Gasteiger partial charge < -0.3 is 5.32 Å². The summed E-state index contributed by atoms with van der Waals surface area (Å²) in [5.41, 5.74) is 2.13. The first-order chi connectivity index (χ1) is 12.2. The number of hydrogen-bond donors (Lipinski definition) is 2. The number of carbonyl (C=O) groups is 1.